The van der Waals surface area contributed by atoms with Crippen LogP contribution in [0.2, 0.25) is 0 Å². The molecule has 1 amide bonds. The third-order valence-corrected chi connectivity index (χ3v) is 4.18. The first-order valence-corrected chi connectivity index (χ1v) is 7.60. The summed E-state index contributed by atoms with van der Waals surface area (Å²) in [4.78, 5) is 26.7. The van der Waals surface area contributed by atoms with Gasteiger partial charge in [-0.1, -0.05) is 0 Å². The summed E-state index contributed by atoms with van der Waals surface area (Å²) in [7, 11) is 0. The van der Waals surface area contributed by atoms with Crippen molar-refractivity contribution in [3.05, 3.63) is 0 Å². The predicted molar refractivity (Wildman–Crippen MR) is 75.5 cm³/mol. The lowest BCUT2D eigenvalue weighted by atomic mass is 10.0. The molecule has 0 spiro atoms. The lowest BCUT2D eigenvalue weighted by Gasteiger charge is -2.32. The van der Waals surface area contributed by atoms with Crippen molar-refractivity contribution in [2.45, 2.75) is 38.1 Å². The van der Waals surface area contributed by atoms with Crippen LogP contribution >= 0.6 is 0 Å². The van der Waals surface area contributed by atoms with Crippen LogP contribution in [-0.4, -0.2) is 72.1 Å². The Bertz CT molecular complexity index is 335. The van der Waals surface area contributed by atoms with Crippen LogP contribution in [-0.2, 0) is 9.59 Å². The zero-order valence-corrected chi connectivity index (χ0v) is 12.0. The number of carbonyl (C=O) groups excluding carboxylic acids is 1. The molecule has 2 N–H and O–H groups in total. The Morgan fingerprint density at radius 2 is 1.75 bits per heavy atom. The first kappa shape index (κ1) is 15.3. The number of carbonyl (C=O) groups is 2. The molecule has 2 saturated heterocycles. The van der Waals surface area contributed by atoms with Gasteiger partial charge in [-0.05, 0) is 25.7 Å². The third-order valence-electron chi connectivity index (χ3n) is 4.18. The highest BCUT2D eigenvalue weighted by Gasteiger charge is 2.24. The fourth-order valence-corrected chi connectivity index (χ4v) is 2.94. The smallest absolute Gasteiger partial charge is 0.304 e. The number of rotatable bonds is 6. The molecule has 0 aromatic rings. The molecule has 6 heteroatoms. The topological polar surface area (TPSA) is 72.9 Å². The summed E-state index contributed by atoms with van der Waals surface area (Å²) in [6.45, 7) is 4.77. The Morgan fingerprint density at radius 3 is 2.35 bits per heavy atom. The highest BCUT2D eigenvalue weighted by Crippen LogP contribution is 2.12. The zero-order chi connectivity index (χ0) is 14.4. The first-order valence-electron chi connectivity index (χ1n) is 7.60. The fraction of sp³-hybridized carbons (Fsp3) is 0.857. The van der Waals surface area contributed by atoms with Crippen LogP contribution in [0.4, 0.5) is 0 Å². The summed E-state index contributed by atoms with van der Waals surface area (Å²) in [6, 6.07) is 0.396. The van der Waals surface area contributed by atoms with Gasteiger partial charge in [-0.3, -0.25) is 14.5 Å². The van der Waals surface area contributed by atoms with Gasteiger partial charge in [0.15, 0.2) is 0 Å². The number of nitrogens with zero attached hydrogens (tertiary/aromatic N) is 2. The Hall–Kier alpha value is -1.14. The van der Waals surface area contributed by atoms with Crippen molar-refractivity contribution in [2.75, 3.05) is 39.3 Å². The average molecular weight is 283 g/mol. The minimum Gasteiger partial charge on any atom is -0.481 e. The van der Waals surface area contributed by atoms with Crippen molar-refractivity contribution in [1.82, 2.24) is 15.1 Å². The van der Waals surface area contributed by atoms with Gasteiger partial charge >= 0.3 is 5.97 Å². The maximum atomic E-state index is 12.0. The molecule has 2 aliphatic rings. The highest BCUT2D eigenvalue weighted by atomic mass is 16.4. The van der Waals surface area contributed by atoms with Crippen LogP contribution in [0.3, 0.4) is 0 Å². The van der Waals surface area contributed by atoms with Gasteiger partial charge in [0.1, 0.15) is 0 Å². The second-order valence-corrected chi connectivity index (χ2v) is 5.74. The summed E-state index contributed by atoms with van der Waals surface area (Å²) in [5, 5.41) is 11.9. The lowest BCUT2D eigenvalue weighted by Crippen LogP contribution is -2.46. The quantitative estimate of drug-likeness (QED) is 0.725. The molecule has 0 unspecified atom stereocenters. The number of hydrogen-bond donors (Lipinski definition) is 2. The molecule has 2 rings (SSSR count). The maximum absolute atomic E-state index is 12.0. The predicted octanol–water partition coefficient (Wildman–Crippen LogP) is 0.138. The molecule has 0 bridgehead atoms. The number of nitrogens with one attached hydrogen (secondary N) is 1. The van der Waals surface area contributed by atoms with E-state index in [4.69, 9.17) is 5.11 Å². The third kappa shape index (κ3) is 4.76. The fourth-order valence-electron chi connectivity index (χ4n) is 2.94. The standard InChI is InChI=1S/C14H25N3O3/c18-13(17-7-1-2-8-17)11-16-9-4-12(5-10-16)15-6-3-14(19)20/h12,15H,1-11H2,(H,19,20). The van der Waals surface area contributed by atoms with Gasteiger partial charge in [-0.15, -0.1) is 0 Å². The van der Waals surface area contributed by atoms with Gasteiger partial charge in [0.05, 0.1) is 13.0 Å². The molecule has 2 fully saturated rings. The number of amides is 1. The largest absolute Gasteiger partial charge is 0.481 e. The lowest BCUT2D eigenvalue weighted by molar-refractivity contribution is -0.137. The first-order chi connectivity index (χ1) is 9.65. The minimum absolute atomic E-state index is 0.174. The van der Waals surface area contributed by atoms with Crippen molar-refractivity contribution >= 4 is 11.9 Å². The van der Waals surface area contributed by atoms with Crippen LogP contribution < -0.4 is 5.32 Å². The van der Waals surface area contributed by atoms with Crippen molar-refractivity contribution in [3.8, 4) is 0 Å². The van der Waals surface area contributed by atoms with E-state index in [1.165, 1.54) is 0 Å². The highest BCUT2D eigenvalue weighted by molar-refractivity contribution is 5.78. The van der Waals surface area contributed by atoms with E-state index in [0.717, 1.165) is 51.9 Å². The second kappa shape index (κ2) is 7.59. The number of piperidine rings is 1. The molecule has 0 atom stereocenters. The van der Waals surface area contributed by atoms with Crippen LogP contribution in [0, 0.1) is 0 Å². The summed E-state index contributed by atoms with van der Waals surface area (Å²) >= 11 is 0. The van der Waals surface area contributed by atoms with Crippen LogP contribution in [0.1, 0.15) is 32.1 Å². The number of carboxylic acids is 1. The molecule has 6 nitrogen and oxygen atoms in total. The molecule has 20 heavy (non-hydrogen) atoms. The van der Waals surface area contributed by atoms with Crippen molar-refractivity contribution < 1.29 is 14.7 Å². The van der Waals surface area contributed by atoms with E-state index in [9.17, 15) is 9.59 Å². The van der Waals surface area contributed by atoms with Gasteiger partial charge < -0.3 is 15.3 Å². The zero-order valence-electron chi connectivity index (χ0n) is 12.0. The van der Waals surface area contributed by atoms with E-state index in [1.54, 1.807) is 0 Å². The van der Waals surface area contributed by atoms with E-state index in [-0.39, 0.29) is 12.3 Å². The Labute approximate surface area is 120 Å². The van der Waals surface area contributed by atoms with Gasteiger partial charge in [0, 0.05) is 38.8 Å². The van der Waals surface area contributed by atoms with Crippen molar-refractivity contribution in [2.24, 2.45) is 0 Å². The SMILES string of the molecule is O=C(O)CCNC1CCN(CC(=O)N2CCCC2)CC1. The van der Waals surface area contributed by atoms with Gasteiger partial charge in [0.25, 0.3) is 0 Å². The molecule has 2 aliphatic heterocycles. The maximum Gasteiger partial charge on any atom is 0.304 e. The molecule has 0 saturated carbocycles. The second-order valence-electron chi connectivity index (χ2n) is 5.74. The van der Waals surface area contributed by atoms with Gasteiger partial charge in [-0.25, -0.2) is 0 Å². The molecule has 0 aromatic heterocycles. The molecule has 0 aromatic carbocycles. The minimum atomic E-state index is -0.758. The van der Waals surface area contributed by atoms with Crippen LogP contribution in [0.25, 0.3) is 0 Å². The number of carboxylic acid groups (broad SMARTS) is 1. The summed E-state index contributed by atoms with van der Waals surface area (Å²) < 4.78 is 0. The summed E-state index contributed by atoms with van der Waals surface area (Å²) in [6.07, 6.45) is 4.44. The van der Waals surface area contributed by atoms with Gasteiger partial charge in [0.2, 0.25) is 5.91 Å². The van der Waals surface area contributed by atoms with Crippen molar-refractivity contribution in [3.63, 3.8) is 0 Å². The van der Waals surface area contributed by atoms with E-state index in [1.807, 2.05) is 4.90 Å². The normalized spacial score (nSPS) is 21.3. The Balaban J connectivity index is 1.61. The molecule has 2 heterocycles. The average Bonchev–Trinajstić information content (AvgIpc) is 2.94. The summed E-state index contributed by atoms with van der Waals surface area (Å²) in [5.41, 5.74) is 0. The molecule has 0 aliphatic carbocycles. The van der Waals surface area contributed by atoms with E-state index in [0.29, 0.717) is 19.1 Å². The molecule has 0 radical (unpaired) electrons. The Morgan fingerprint density at radius 1 is 1.10 bits per heavy atom. The Kier molecular flexibility index (Phi) is 5.79. The van der Waals surface area contributed by atoms with Crippen LogP contribution in [0.5, 0.6) is 0 Å². The summed E-state index contributed by atoms with van der Waals surface area (Å²) in [5.74, 6) is -0.495. The van der Waals surface area contributed by atoms with Gasteiger partial charge in [-0.2, -0.15) is 0 Å². The van der Waals surface area contributed by atoms with Crippen molar-refractivity contribution in [1.29, 1.82) is 0 Å². The molecular weight excluding hydrogens is 258 g/mol. The monoisotopic (exact) mass is 283 g/mol. The molecular formula is C14H25N3O3. The van der Waals surface area contributed by atoms with Crippen LogP contribution in [0.15, 0.2) is 0 Å². The van der Waals surface area contributed by atoms with E-state index < -0.39 is 5.97 Å². The number of likely N-dealkylation sites (tertiary alicyclic amines) is 2. The number of aliphatic carboxylic acids is 1. The van der Waals surface area contributed by atoms with E-state index >= 15 is 0 Å². The number of hydrogen-bond acceptors (Lipinski definition) is 4. The van der Waals surface area contributed by atoms with E-state index in [2.05, 4.69) is 10.2 Å². The molecule has 114 valence electrons.